The summed E-state index contributed by atoms with van der Waals surface area (Å²) < 4.78 is 7.52. The van der Waals surface area contributed by atoms with Crippen LogP contribution >= 0.6 is 11.8 Å². The first-order chi connectivity index (χ1) is 10.7. The van der Waals surface area contributed by atoms with Crippen LogP contribution in [0.2, 0.25) is 0 Å². The average molecular weight is 319 g/mol. The van der Waals surface area contributed by atoms with E-state index >= 15 is 0 Å². The van der Waals surface area contributed by atoms with Gasteiger partial charge < -0.3 is 4.74 Å². The normalized spacial score (nSPS) is 10.2. The molecular weight excluding hydrogens is 302 g/mol. The van der Waals surface area contributed by atoms with Crippen LogP contribution < -0.4 is 16.0 Å². The molecule has 1 aromatic heterocycles. The van der Waals surface area contributed by atoms with Crippen molar-refractivity contribution in [1.82, 2.24) is 20.2 Å². The molecule has 2 aromatic rings. The van der Waals surface area contributed by atoms with E-state index in [0.717, 1.165) is 5.75 Å². The van der Waals surface area contributed by atoms with Crippen molar-refractivity contribution in [3.05, 3.63) is 48.8 Å². The summed E-state index contributed by atoms with van der Waals surface area (Å²) in [6, 6.07) is 9.46. The molecule has 0 bridgehead atoms. The number of hydrogen-bond donors (Lipinski definition) is 2. The van der Waals surface area contributed by atoms with Crippen molar-refractivity contribution in [1.29, 1.82) is 0 Å². The number of ether oxygens (including phenoxy) is 1. The van der Waals surface area contributed by atoms with E-state index in [-0.39, 0.29) is 18.3 Å². The van der Waals surface area contributed by atoms with Crippen LogP contribution in [0.5, 0.6) is 5.75 Å². The van der Waals surface area contributed by atoms with Gasteiger partial charge in [0.25, 0.3) is 0 Å². The summed E-state index contributed by atoms with van der Waals surface area (Å²) >= 11 is 1.26. The number of benzene rings is 1. The van der Waals surface area contributed by atoms with Crippen molar-refractivity contribution < 1.29 is 9.53 Å². The molecule has 1 heterocycles. The van der Waals surface area contributed by atoms with Gasteiger partial charge in [-0.3, -0.25) is 14.8 Å². The molecule has 1 aromatic carbocycles. The lowest BCUT2D eigenvalue weighted by Gasteiger charge is -2.08. The quantitative estimate of drug-likeness (QED) is 0.249. The van der Waals surface area contributed by atoms with Gasteiger partial charge in [0, 0.05) is 6.54 Å². The van der Waals surface area contributed by atoms with Gasteiger partial charge in [-0.15, -0.1) is 16.8 Å². The second-order valence-corrected chi connectivity index (χ2v) is 5.20. The third-order valence-electron chi connectivity index (χ3n) is 2.71. The van der Waals surface area contributed by atoms with Gasteiger partial charge in [-0.25, -0.2) is 5.84 Å². The number of para-hydroxylation sites is 1. The largest absolute Gasteiger partial charge is 0.486 e. The van der Waals surface area contributed by atoms with E-state index in [1.54, 1.807) is 6.08 Å². The molecular formula is C14H17N5O2S. The highest BCUT2D eigenvalue weighted by Crippen LogP contribution is 2.18. The monoisotopic (exact) mass is 319 g/mol. The van der Waals surface area contributed by atoms with E-state index < -0.39 is 0 Å². The maximum Gasteiger partial charge on any atom is 0.244 e. The fourth-order valence-corrected chi connectivity index (χ4v) is 2.46. The van der Waals surface area contributed by atoms with Crippen LogP contribution in [0.3, 0.4) is 0 Å². The van der Waals surface area contributed by atoms with Gasteiger partial charge in [-0.2, -0.15) is 0 Å². The molecule has 0 aliphatic heterocycles. The van der Waals surface area contributed by atoms with Crippen LogP contribution in [0, 0.1) is 0 Å². The minimum Gasteiger partial charge on any atom is -0.486 e. The van der Waals surface area contributed by atoms with Crippen LogP contribution in [0.1, 0.15) is 5.82 Å². The lowest BCUT2D eigenvalue weighted by Crippen LogP contribution is -2.31. The molecule has 7 nitrogen and oxygen atoms in total. The van der Waals surface area contributed by atoms with Crippen molar-refractivity contribution in [2.24, 2.45) is 5.84 Å². The number of hydrogen-bond acceptors (Lipinski definition) is 6. The number of carbonyl (C=O) groups is 1. The van der Waals surface area contributed by atoms with E-state index in [9.17, 15) is 4.79 Å². The van der Waals surface area contributed by atoms with Crippen molar-refractivity contribution in [3.8, 4) is 5.75 Å². The number of rotatable bonds is 8. The first-order valence-electron chi connectivity index (χ1n) is 6.57. The number of amides is 1. The fourth-order valence-electron chi connectivity index (χ4n) is 1.68. The maximum atomic E-state index is 11.2. The summed E-state index contributed by atoms with van der Waals surface area (Å²) in [5.41, 5.74) is 2.08. The second kappa shape index (κ2) is 8.20. The van der Waals surface area contributed by atoms with Gasteiger partial charge in [0.15, 0.2) is 11.0 Å². The first-order valence-corrected chi connectivity index (χ1v) is 7.56. The summed E-state index contributed by atoms with van der Waals surface area (Å²) in [4.78, 5) is 11.2. The molecule has 2 rings (SSSR count). The van der Waals surface area contributed by atoms with Crippen LogP contribution in [-0.4, -0.2) is 26.4 Å². The Balaban J connectivity index is 2.05. The van der Waals surface area contributed by atoms with E-state index in [2.05, 4.69) is 22.2 Å². The smallest absolute Gasteiger partial charge is 0.244 e. The molecule has 22 heavy (non-hydrogen) atoms. The van der Waals surface area contributed by atoms with Crippen LogP contribution in [0.25, 0.3) is 0 Å². The standard InChI is InChI=1S/C14H17N5O2S/c1-2-8-19-12(9-21-11-6-4-3-5-7-11)17-18-14(19)22-10-13(20)16-15/h2-7H,1,8-10,15H2,(H,16,20). The molecule has 116 valence electrons. The number of aromatic nitrogens is 3. The Morgan fingerprint density at radius 1 is 1.41 bits per heavy atom. The minimum atomic E-state index is -0.278. The number of allylic oxidation sites excluding steroid dienone is 1. The number of nitrogens with two attached hydrogens (primary N) is 1. The Labute approximate surface area is 132 Å². The molecule has 0 unspecified atom stereocenters. The zero-order valence-electron chi connectivity index (χ0n) is 11.9. The molecule has 0 saturated carbocycles. The van der Waals surface area contributed by atoms with E-state index in [1.807, 2.05) is 34.9 Å². The Bertz CT molecular complexity index is 629. The molecule has 1 amide bonds. The lowest BCUT2D eigenvalue weighted by atomic mass is 10.3. The Morgan fingerprint density at radius 2 is 2.18 bits per heavy atom. The van der Waals surface area contributed by atoms with Crippen molar-refractivity contribution in [2.75, 3.05) is 5.75 Å². The predicted molar refractivity (Wildman–Crippen MR) is 84.0 cm³/mol. The Morgan fingerprint density at radius 3 is 2.86 bits per heavy atom. The Hall–Kier alpha value is -2.32. The summed E-state index contributed by atoms with van der Waals surface area (Å²) in [5.74, 6) is 6.38. The molecule has 0 spiro atoms. The molecule has 0 aliphatic rings. The van der Waals surface area contributed by atoms with Gasteiger partial charge in [-0.05, 0) is 12.1 Å². The third-order valence-corrected chi connectivity index (χ3v) is 3.68. The molecule has 0 fully saturated rings. The van der Waals surface area contributed by atoms with Crippen molar-refractivity contribution in [3.63, 3.8) is 0 Å². The Kier molecular flexibility index (Phi) is 5.99. The zero-order chi connectivity index (χ0) is 15.8. The predicted octanol–water partition coefficient (Wildman–Crippen LogP) is 1.13. The fraction of sp³-hybridized carbons (Fsp3) is 0.214. The van der Waals surface area contributed by atoms with Crippen LogP contribution in [0.4, 0.5) is 0 Å². The van der Waals surface area contributed by atoms with Crippen molar-refractivity contribution >= 4 is 17.7 Å². The SMILES string of the molecule is C=CCn1c(COc2ccccc2)nnc1SCC(=O)NN. The topological polar surface area (TPSA) is 95.1 Å². The van der Waals surface area contributed by atoms with Crippen LogP contribution in [0.15, 0.2) is 48.1 Å². The van der Waals surface area contributed by atoms with Gasteiger partial charge in [0.1, 0.15) is 12.4 Å². The first kappa shape index (κ1) is 16.1. The number of nitrogens with zero attached hydrogens (tertiary/aromatic N) is 3. The summed E-state index contributed by atoms with van der Waals surface area (Å²) in [5, 5.41) is 8.81. The highest BCUT2D eigenvalue weighted by molar-refractivity contribution is 7.99. The van der Waals surface area contributed by atoms with Crippen LogP contribution in [-0.2, 0) is 17.9 Å². The van der Waals surface area contributed by atoms with E-state index in [4.69, 9.17) is 10.6 Å². The summed E-state index contributed by atoms with van der Waals surface area (Å²) in [6.45, 7) is 4.54. The lowest BCUT2D eigenvalue weighted by molar-refractivity contribution is -0.118. The highest BCUT2D eigenvalue weighted by atomic mass is 32.2. The number of nitrogens with one attached hydrogen (secondary N) is 1. The number of hydrazine groups is 1. The summed E-state index contributed by atoms with van der Waals surface area (Å²) in [6.07, 6.45) is 1.74. The minimum absolute atomic E-state index is 0.172. The molecule has 0 aliphatic carbocycles. The molecule has 0 atom stereocenters. The van der Waals surface area contributed by atoms with E-state index in [0.29, 0.717) is 17.5 Å². The van der Waals surface area contributed by atoms with Gasteiger partial charge in [0.05, 0.1) is 5.75 Å². The molecule has 0 radical (unpaired) electrons. The molecule has 3 N–H and O–H groups in total. The zero-order valence-corrected chi connectivity index (χ0v) is 12.8. The van der Waals surface area contributed by atoms with E-state index in [1.165, 1.54) is 11.8 Å². The van der Waals surface area contributed by atoms with Gasteiger partial charge in [-0.1, -0.05) is 36.0 Å². The molecule has 8 heteroatoms. The highest BCUT2D eigenvalue weighted by Gasteiger charge is 2.13. The van der Waals surface area contributed by atoms with Gasteiger partial charge >= 0.3 is 0 Å². The third kappa shape index (κ3) is 4.34. The second-order valence-electron chi connectivity index (χ2n) is 4.26. The average Bonchev–Trinajstić information content (AvgIpc) is 2.94. The van der Waals surface area contributed by atoms with Gasteiger partial charge in [0.2, 0.25) is 5.91 Å². The summed E-state index contributed by atoms with van der Waals surface area (Å²) in [7, 11) is 0. The van der Waals surface area contributed by atoms with Crippen molar-refractivity contribution in [2.45, 2.75) is 18.3 Å². The molecule has 0 saturated heterocycles. The maximum absolute atomic E-state index is 11.2. The number of carbonyl (C=O) groups excluding carboxylic acids is 1. The number of thioether (sulfide) groups is 1.